The number of hydrogen-bond acceptors (Lipinski definition) is 2. The second kappa shape index (κ2) is 1.57. The van der Waals surface area contributed by atoms with Crippen molar-refractivity contribution >= 4 is 32.8 Å². The topological polar surface area (TPSA) is 0 Å². The molecular weight excluding hydrogens is 136 g/mol. The molecule has 0 aliphatic rings. The summed E-state index contributed by atoms with van der Waals surface area (Å²) in [6.45, 7) is 0. The summed E-state index contributed by atoms with van der Waals surface area (Å²) >= 11 is 3.24. The summed E-state index contributed by atoms with van der Waals surface area (Å²) in [7, 11) is 0. The van der Waals surface area contributed by atoms with Crippen LogP contribution in [0.25, 0.3) is 10.1 Å². The van der Waals surface area contributed by atoms with Gasteiger partial charge in [0.05, 0.1) is 15.5 Å². The summed E-state index contributed by atoms with van der Waals surface area (Å²) < 4.78 is 1.23. The van der Waals surface area contributed by atoms with E-state index in [9.17, 15) is 0 Å². The van der Waals surface area contributed by atoms with Crippen molar-refractivity contribution in [2.24, 2.45) is 0 Å². The predicted octanol–water partition coefficient (Wildman–Crippen LogP) is 2.56. The number of hydrogen-bond donors (Lipinski definition) is 0. The van der Waals surface area contributed by atoms with Gasteiger partial charge in [-0.3, -0.25) is 0 Å². The molecule has 2 aromatic rings. The second-order valence-electron chi connectivity index (χ2n) is 1.47. The van der Waals surface area contributed by atoms with Crippen molar-refractivity contribution in [1.82, 2.24) is 0 Å². The average molecular weight is 138 g/mol. The lowest BCUT2D eigenvalue weighted by atomic mass is 10.4. The molecule has 0 aromatic carbocycles. The smallest absolute Gasteiger partial charge is 0.0642 e. The second-order valence-corrected chi connectivity index (χ2v) is 3.00. The zero-order valence-electron chi connectivity index (χ0n) is 3.97. The van der Waals surface area contributed by atoms with Gasteiger partial charge in [-0.25, -0.2) is 0 Å². The normalized spacial score (nSPS) is 10.5. The van der Waals surface area contributed by atoms with Crippen LogP contribution < -0.4 is 0 Å². The molecule has 8 heavy (non-hydrogen) atoms. The first kappa shape index (κ1) is 4.53. The van der Waals surface area contributed by atoms with Crippen LogP contribution in [0.5, 0.6) is 0 Å². The lowest BCUT2D eigenvalue weighted by Crippen LogP contribution is -1.38. The van der Waals surface area contributed by atoms with Crippen LogP contribution >= 0.6 is 22.7 Å². The van der Waals surface area contributed by atoms with Crippen molar-refractivity contribution in [3.63, 3.8) is 0 Å². The van der Waals surface area contributed by atoms with Crippen LogP contribution in [-0.4, -0.2) is 0 Å². The third-order valence-corrected chi connectivity index (χ3v) is 2.56. The monoisotopic (exact) mass is 138 g/mol. The first-order chi connectivity index (χ1) is 3.97. The molecule has 2 heteroatoms. The minimum absolute atomic E-state index is 1.21. The summed E-state index contributed by atoms with van der Waals surface area (Å²) in [4.78, 5) is 0. The van der Waals surface area contributed by atoms with E-state index in [1.165, 1.54) is 21.4 Å². The summed E-state index contributed by atoms with van der Waals surface area (Å²) in [6, 6.07) is 2.06. The van der Waals surface area contributed by atoms with Crippen molar-refractivity contribution in [3.05, 3.63) is 22.2 Å². The highest BCUT2D eigenvalue weighted by atomic mass is 32.1. The van der Waals surface area contributed by atoms with Gasteiger partial charge in [-0.2, -0.15) is 0 Å². The Morgan fingerprint density at radius 2 is 2.38 bits per heavy atom. The number of thiophene rings is 2. The fourth-order valence-electron chi connectivity index (χ4n) is 0.596. The molecule has 0 unspecified atom stereocenters. The van der Waals surface area contributed by atoms with E-state index < -0.39 is 0 Å². The van der Waals surface area contributed by atoms with Crippen molar-refractivity contribution in [1.29, 1.82) is 0 Å². The van der Waals surface area contributed by atoms with Crippen molar-refractivity contribution in [2.45, 2.75) is 0 Å². The lowest BCUT2D eigenvalue weighted by molar-refractivity contribution is 2.17. The molecule has 0 fully saturated rings. The quantitative estimate of drug-likeness (QED) is 0.525. The van der Waals surface area contributed by atoms with Crippen LogP contribution in [0.3, 0.4) is 0 Å². The third-order valence-electron chi connectivity index (χ3n) is 0.970. The van der Waals surface area contributed by atoms with E-state index in [4.69, 9.17) is 0 Å². The van der Waals surface area contributed by atoms with Gasteiger partial charge >= 0.3 is 0 Å². The van der Waals surface area contributed by atoms with Crippen LogP contribution in [0, 0.1) is 10.8 Å². The summed E-state index contributed by atoms with van der Waals surface area (Å²) in [5.74, 6) is 0. The molecule has 0 saturated heterocycles. The first-order valence-corrected chi connectivity index (χ1v) is 3.92. The molecule has 0 atom stereocenters. The van der Waals surface area contributed by atoms with Gasteiger partial charge < -0.3 is 0 Å². The van der Waals surface area contributed by atoms with Crippen LogP contribution in [-0.2, 0) is 0 Å². The summed E-state index contributed by atoms with van der Waals surface area (Å²) in [5, 5.41) is 9.47. The maximum Gasteiger partial charge on any atom is 0.0642 e. The van der Waals surface area contributed by atoms with Gasteiger partial charge in [-0.1, -0.05) is 0 Å². The molecule has 0 N–H and O–H groups in total. The highest BCUT2D eigenvalue weighted by Gasteiger charge is 1.92. The molecule has 0 aliphatic heterocycles. The van der Waals surface area contributed by atoms with Gasteiger partial charge in [0.25, 0.3) is 0 Å². The molecule has 0 saturated carbocycles. The van der Waals surface area contributed by atoms with E-state index in [-0.39, 0.29) is 0 Å². The SMILES string of the molecule is [c]1s[c]c2sccc12. The van der Waals surface area contributed by atoms with Crippen molar-refractivity contribution < 1.29 is 0 Å². The van der Waals surface area contributed by atoms with Gasteiger partial charge in [0.1, 0.15) is 0 Å². The van der Waals surface area contributed by atoms with Gasteiger partial charge in [0.15, 0.2) is 0 Å². The molecule has 0 aliphatic carbocycles. The third kappa shape index (κ3) is 0.501. The predicted molar refractivity (Wildman–Crippen MR) is 37.4 cm³/mol. The van der Waals surface area contributed by atoms with Gasteiger partial charge in [0, 0.05) is 5.39 Å². The fraction of sp³-hybridized carbons (Fsp3) is 0. The van der Waals surface area contributed by atoms with E-state index in [0.29, 0.717) is 0 Å². The number of rotatable bonds is 0. The Morgan fingerprint density at radius 1 is 1.38 bits per heavy atom. The van der Waals surface area contributed by atoms with E-state index in [2.05, 4.69) is 22.2 Å². The maximum atomic E-state index is 3.10. The molecule has 2 radical (unpaired) electrons. The van der Waals surface area contributed by atoms with Gasteiger partial charge in [-0.05, 0) is 11.4 Å². The van der Waals surface area contributed by atoms with E-state index in [1.54, 1.807) is 11.3 Å². The van der Waals surface area contributed by atoms with Crippen LogP contribution in [0.1, 0.15) is 0 Å². The molecule has 0 spiro atoms. The zero-order chi connectivity index (χ0) is 5.40. The zero-order valence-corrected chi connectivity index (χ0v) is 5.60. The molecule has 2 heterocycles. The fourth-order valence-corrected chi connectivity index (χ4v) is 2.10. The van der Waals surface area contributed by atoms with Crippen LogP contribution in [0.4, 0.5) is 0 Å². The first-order valence-electron chi connectivity index (χ1n) is 2.22. The number of fused-ring (bicyclic) bond motifs is 1. The molecular formula is C6H2S2. The van der Waals surface area contributed by atoms with Crippen molar-refractivity contribution in [2.75, 3.05) is 0 Å². The Bertz CT molecular complexity index is 228. The minimum Gasteiger partial charge on any atom is -0.142 e. The highest BCUT2D eigenvalue weighted by molar-refractivity contribution is 7.20. The summed E-state index contributed by atoms with van der Waals surface area (Å²) in [5.41, 5.74) is 0. The van der Waals surface area contributed by atoms with Gasteiger partial charge in [-0.15, -0.1) is 22.7 Å². The molecule has 0 bridgehead atoms. The Morgan fingerprint density at radius 3 is 3.25 bits per heavy atom. The van der Waals surface area contributed by atoms with E-state index in [1.807, 2.05) is 0 Å². The van der Waals surface area contributed by atoms with Gasteiger partial charge in [0.2, 0.25) is 0 Å². The Kier molecular flexibility index (Phi) is 0.889. The Balaban J connectivity index is 3.06. The van der Waals surface area contributed by atoms with E-state index >= 15 is 0 Å². The molecule has 0 amide bonds. The summed E-state index contributed by atoms with van der Waals surface area (Å²) in [6.07, 6.45) is 0. The molecule has 2 aromatic heterocycles. The van der Waals surface area contributed by atoms with Crippen molar-refractivity contribution in [3.8, 4) is 0 Å². The Hall–Kier alpha value is -0.340. The van der Waals surface area contributed by atoms with Crippen LogP contribution in [0.2, 0.25) is 0 Å². The highest BCUT2D eigenvalue weighted by Crippen LogP contribution is 2.22. The lowest BCUT2D eigenvalue weighted by Gasteiger charge is -1.62. The maximum absolute atomic E-state index is 3.10. The molecule has 0 nitrogen and oxygen atoms in total. The standard InChI is InChI=1S/C6H2S2/c1-2-8-6-4-7-3-5(1)6/h1-2H. The molecule has 2 rings (SSSR count). The minimum atomic E-state index is 1.21. The Labute approximate surface area is 55.4 Å². The van der Waals surface area contributed by atoms with Crippen LogP contribution in [0.15, 0.2) is 11.4 Å². The largest absolute Gasteiger partial charge is 0.142 e. The van der Waals surface area contributed by atoms with E-state index in [0.717, 1.165) is 0 Å². The molecule has 38 valence electrons. The average Bonchev–Trinajstić information content (AvgIpc) is 2.15.